The summed E-state index contributed by atoms with van der Waals surface area (Å²) in [7, 11) is 0. The van der Waals surface area contributed by atoms with Gasteiger partial charge in [-0.3, -0.25) is 9.59 Å². The Morgan fingerprint density at radius 1 is 1.47 bits per heavy atom. The maximum absolute atomic E-state index is 11.7. The van der Waals surface area contributed by atoms with Gasteiger partial charge < -0.3 is 15.2 Å². The number of amides is 1. The molecule has 1 aromatic rings. The third-order valence-electron chi connectivity index (χ3n) is 2.85. The Balaban J connectivity index is 1.94. The van der Waals surface area contributed by atoms with E-state index in [0.717, 1.165) is 0 Å². The molecule has 0 saturated heterocycles. The number of hydrogen-bond acceptors (Lipinski definition) is 4. The Kier molecular flexibility index (Phi) is 3.66. The van der Waals surface area contributed by atoms with Crippen LogP contribution in [0.15, 0.2) is 24.3 Å². The van der Waals surface area contributed by atoms with Crippen molar-refractivity contribution >= 4 is 17.6 Å². The topological polar surface area (TPSA) is 99.4 Å². The zero-order valence-electron chi connectivity index (χ0n) is 10.00. The molecule has 0 heterocycles. The highest BCUT2D eigenvalue weighted by atomic mass is 16.5. The molecule has 19 heavy (non-hydrogen) atoms. The van der Waals surface area contributed by atoms with Crippen LogP contribution in [-0.2, 0) is 9.59 Å². The summed E-state index contributed by atoms with van der Waals surface area (Å²) in [6.07, 6.45) is 0.381. The van der Waals surface area contributed by atoms with Crippen molar-refractivity contribution < 1.29 is 19.4 Å². The van der Waals surface area contributed by atoms with E-state index in [4.69, 9.17) is 15.1 Å². The summed E-state index contributed by atoms with van der Waals surface area (Å²) in [6, 6.07) is 8.47. The molecule has 2 atom stereocenters. The molecule has 2 N–H and O–H groups in total. The zero-order valence-corrected chi connectivity index (χ0v) is 10.00. The van der Waals surface area contributed by atoms with Gasteiger partial charge in [0.2, 0.25) is 5.91 Å². The minimum atomic E-state index is -0.939. The van der Waals surface area contributed by atoms with Gasteiger partial charge in [-0.25, -0.2) is 0 Å². The van der Waals surface area contributed by atoms with Gasteiger partial charge in [0.25, 0.3) is 0 Å². The van der Waals surface area contributed by atoms with E-state index in [2.05, 4.69) is 5.32 Å². The van der Waals surface area contributed by atoms with E-state index in [0.29, 0.717) is 17.9 Å². The number of carboxylic acids is 1. The second-order valence-electron chi connectivity index (χ2n) is 4.25. The van der Waals surface area contributed by atoms with Crippen molar-refractivity contribution in [1.82, 2.24) is 0 Å². The molecule has 0 aromatic heterocycles. The normalized spacial score (nSPS) is 20.2. The summed E-state index contributed by atoms with van der Waals surface area (Å²) < 4.78 is 5.11. The average molecular weight is 260 g/mol. The molecule has 1 aliphatic rings. The number of carbonyl (C=O) groups excluding carboxylic acids is 1. The molecule has 1 fully saturated rings. The Hall–Kier alpha value is -2.55. The number of anilines is 1. The highest BCUT2D eigenvalue weighted by molar-refractivity contribution is 5.98. The number of benzene rings is 1. The van der Waals surface area contributed by atoms with Crippen LogP contribution in [0.5, 0.6) is 5.75 Å². The van der Waals surface area contributed by atoms with E-state index < -0.39 is 17.8 Å². The number of ether oxygens (including phenoxy) is 1. The van der Waals surface area contributed by atoms with Gasteiger partial charge in [-0.05, 0) is 18.6 Å². The van der Waals surface area contributed by atoms with Crippen LogP contribution in [0.3, 0.4) is 0 Å². The molecule has 2 unspecified atom stereocenters. The van der Waals surface area contributed by atoms with Crippen molar-refractivity contribution in [2.45, 2.75) is 6.42 Å². The van der Waals surface area contributed by atoms with Crippen molar-refractivity contribution in [1.29, 1.82) is 5.26 Å². The van der Waals surface area contributed by atoms with E-state index in [1.54, 1.807) is 24.3 Å². The van der Waals surface area contributed by atoms with Gasteiger partial charge >= 0.3 is 5.97 Å². The van der Waals surface area contributed by atoms with E-state index in [1.807, 2.05) is 6.07 Å². The Morgan fingerprint density at radius 3 is 2.89 bits per heavy atom. The molecule has 0 spiro atoms. The molecule has 1 aliphatic carbocycles. The van der Waals surface area contributed by atoms with Gasteiger partial charge in [0.05, 0.1) is 11.8 Å². The standard InChI is InChI=1S/C13H12N2O4/c14-4-5-19-9-3-1-2-8(6-9)15-12(16)10-7-11(10)13(17)18/h1-3,6,10-11H,5,7H2,(H,15,16)(H,17,18). The number of nitrogens with zero attached hydrogens (tertiary/aromatic N) is 1. The van der Waals surface area contributed by atoms with Gasteiger partial charge in [0.1, 0.15) is 11.8 Å². The fraction of sp³-hybridized carbons (Fsp3) is 0.308. The summed E-state index contributed by atoms with van der Waals surface area (Å²) in [5.74, 6) is -1.79. The lowest BCUT2D eigenvalue weighted by molar-refractivity contribution is -0.139. The Morgan fingerprint density at radius 2 is 2.26 bits per heavy atom. The van der Waals surface area contributed by atoms with Gasteiger partial charge in [0.15, 0.2) is 6.61 Å². The van der Waals surface area contributed by atoms with Crippen LogP contribution >= 0.6 is 0 Å². The minimum Gasteiger partial charge on any atom is -0.481 e. The monoisotopic (exact) mass is 260 g/mol. The van der Waals surface area contributed by atoms with Crippen molar-refractivity contribution in [2.75, 3.05) is 11.9 Å². The van der Waals surface area contributed by atoms with E-state index in [1.165, 1.54) is 0 Å². The Bertz CT molecular complexity index is 550. The van der Waals surface area contributed by atoms with Crippen LogP contribution in [0.25, 0.3) is 0 Å². The summed E-state index contributed by atoms with van der Waals surface area (Å²) >= 11 is 0. The third kappa shape index (κ3) is 3.22. The van der Waals surface area contributed by atoms with Crippen LogP contribution in [0.4, 0.5) is 5.69 Å². The molecular weight excluding hydrogens is 248 g/mol. The first-order valence-corrected chi connectivity index (χ1v) is 5.75. The fourth-order valence-corrected chi connectivity index (χ4v) is 1.77. The largest absolute Gasteiger partial charge is 0.481 e. The maximum atomic E-state index is 11.7. The first kappa shape index (κ1) is 12.9. The predicted octanol–water partition coefficient (Wildman–Crippen LogP) is 1.25. The van der Waals surface area contributed by atoms with Crippen LogP contribution in [0.1, 0.15) is 6.42 Å². The highest BCUT2D eigenvalue weighted by Gasteiger charge is 2.48. The first-order valence-electron chi connectivity index (χ1n) is 5.75. The summed E-state index contributed by atoms with van der Waals surface area (Å²) in [4.78, 5) is 22.4. The molecule has 6 nitrogen and oxygen atoms in total. The van der Waals surface area contributed by atoms with Crippen molar-refractivity contribution in [3.63, 3.8) is 0 Å². The zero-order chi connectivity index (χ0) is 13.8. The van der Waals surface area contributed by atoms with E-state index in [9.17, 15) is 9.59 Å². The first-order chi connectivity index (χ1) is 9.11. The van der Waals surface area contributed by atoms with Gasteiger partial charge in [0, 0.05) is 11.8 Å². The van der Waals surface area contributed by atoms with Crippen LogP contribution < -0.4 is 10.1 Å². The van der Waals surface area contributed by atoms with E-state index in [-0.39, 0.29) is 12.5 Å². The molecule has 98 valence electrons. The van der Waals surface area contributed by atoms with Crippen molar-refractivity contribution in [3.8, 4) is 11.8 Å². The smallest absolute Gasteiger partial charge is 0.307 e. The molecule has 6 heteroatoms. The lowest BCUT2D eigenvalue weighted by Gasteiger charge is -2.07. The summed E-state index contributed by atoms with van der Waals surface area (Å²) in [6.45, 7) is -0.0683. The van der Waals surface area contributed by atoms with Gasteiger partial charge in [-0.15, -0.1) is 0 Å². The number of carbonyl (C=O) groups is 2. The molecule has 0 radical (unpaired) electrons. The third-order valence-corrected chi connectivity index (χ3v) is 2.85. The lowest BCUT2D eigenvalue weighted by atomic mass is 10.2. The van der Waals surface area contributed by atoms with Gasteiger partial charge in [-0.2, -0.15) is 5.26 Å². The molecule has 0 aliphatic heterocycles. The number of aliphatic carboxylic acids is 1. The number of carboxylic acid groups (broad SMARTS) is 1. The predicted molar refractivity (Wildman–Crippen MR) is 65.4 cm³/mol. The fourth-order valence-electron chi connectivity index (χ4n) is 1.77. The average Bonchev–Trinajstić information content (AvgIpc) is 3.17. The number of rotatable bonds is 5. The van der Waals surface area contributed by atoms with Crippen LogP contribution in [0, 0.1) is 23.2 Å². The summed E-state index contributed by atoms with van der Waals surface area (Å²) in [5.41, 5.74) is 0.525. The van der Waals surface area contributed by atoms with Crippen molar-refractivity contribution in [2.24, 2.45) is 11.8 Å². The number of nitriles is 1. The van der Waals surface area contributed by atoms with Crippen molar-refractivity contribution in [3.05, 3.63) is 24.3 Å². The maximum Gasteiger partial charge on any atom is 0.307 e. The quantitative estimate of drug-likeness (QED) is 0.829. The van der Waals surface area contributed by atoms with Crippen LogP contribution in [-0.4, -0.2) is 23.6 Å². The second-order valence-corrected chi connectivity index (χ2v) is 4.25. The second kappa shape index (κ2) is 5.40. The highest BCUT2D eigenvalue weighted by Crippen LogP contribution is 2.39. The number of hydrogen-bond donors (Lipinski definition) is 2. The SMILES string of the molecule is N#CCOc1cccc(NC(=O)C2CC2C(=O)O)c1. The minimum absolute atomic E-state index is 0.0683. The lowest BCUT2D eigenvalue weighted by Crippen LogP contribution is -2.16. The molecule has 0 bridgehead atoms. The summed E-state index contributed by atoms with van der Waals surface area (Å²) in [5, 5.41) is 19.8. The Labute approximate surface area is 109 Å². The van der Waals surface area contributed by atoms with Gasteiger partial charge in [-0.1, -0.05) is 6.07 Å². The molecule has 1 saturated carbocycles. The number of nitrogens with one attached hydrogen (secondary N) is 1. The molecule has 2 rings (SSSR count). The van der Waals surface area contributed by atoms with Crippen LogP contribution in [0.2, 0.25) is 0 Å². The molecular formula is C13H12N2O4. The van der Waals surface area contributed by atoms with E-state index >= 15 is 0 Å². The molecule has 1 aromatic carbocycles. The molecule has 1 amide bonds.